The fourth-order valence-electron chi connectivity index (χ4n) is 3.17. The Labute approximate surface area is 194 Å². The third-order valence-corrected chi connectivity index (χ3v) is 4.89. The molecule has 3 rings (SSSR count). The molecule has 0 aliphatic carbocycles. The molecule has 7 nitrogen and oxygen atoms in total. The van der Waals surface area contributed by atoms with Crippen molar-refractivity contribution >= 4 is 23.0 Å². The molecule has 3 aromatic carbocycles. The molecule has 0 heterocycles. The van der Waals surface area contributed by atoms with E-state index in [1.54, 1.807) is 30.3 Å². The molecule has 2 amide bonds. The highest BCUT2D eigenvalue weighted by atomic mass is 16.6. The maximum Gasteiger partial charge on any atom is 0.412 e. The van der Waals surface area contributed by atoms with Gasteiger partial charge in [0.1, 0.15) is 11.5 Å². The van der Waals surface area contributed by atoms with Gasteiger partial charge in [-0.3, -0.25) is 0 Å². The molecule has 0 atom stereocenters. The van der Waals surface area contributed by atoms with Crippen LogP contribution in [0.3, 0.4) is 0 Å². The lowest BCUT2D eigenvalue weighted by Gasteiger charge is -2.17. The van der Waals surface area contributed by atoms with Gasteiger partial charge in [-0.25, -0.2) is 9.59 Å². The van der Waals surface area contributed by atoms with Crippen molar-refractivity contribution in [2.24, 2.45) is 0 Å². The van der Waals surface area contributed by atoms with Crippen LogP contribution in [0.15, 0.2) is 60.7 Å². The maximum absolute atomic E-state index is 12.5. The molecule has 33 heavy (non-hydrogen) atoms. The summed E-state index contributed by atoms with van der Waals surface area (Å²) in [4.78, 5) is 24.8. The van der Waals surface area contributed by atoms with Crippen molar-refractivity contribution in [2.75, 3.05) is 13.1 Å². The number of hydrogen-bond acceptors (Lipinski definition) is 5. The van der Waals surface area contributed by atoms with Crippen LogP contribution in [0, 0.1) is 0 Å². The second kappa shape index (κ2) is 12.3. The van der Waals surface area contributed by atoms with E-state index in [2.05, 4.69) is 10.6 Å². The van der Waals surface area contributed by atoms with Crippen LogP contribution in [-0.2, 0) is 0 Å². The van der Waals surface area contributed by atoms with Crippen LogP contribution in [0.4, 0.5) is 9.59 Å². The summed E-state index contributed by atoms with van der Waals surface area (Å²) in [6.45, 7) is 5.13. The van der Waals surface area contributed by atoms with Crippen molar-refractivity contribution in [3.8, 4) is 23.0 Å². The van der Waals surface area contributed by atoms with E-state index >= 15 is 0 Å². The second-order valence-electron chi connectivity index (χ2n) is 7.50. The Morgan fingerprint density at radius 3 is 1.94 bits per heavy atom. The molecular weight excluding hydrogens is 420 g/mol. The highest BCUT2D eigenvalue weighted by Gasteiger charge is 2.20. The van der Waals surface area contributed by atoms with Gasteiger partial charge < -0.3 is 24.8 Å². The van der Waals surface area contributed by atoms with E-state index in [9.17, 15) is 9.59 Å². The average Bonchev–Trinajstić information content (AvgIpc) is 2.82. The SMILES string of the molecule is CCCCNC(=O)Oc1cc(Oc2ccccc2)c(OC(=O)NCCCC)c2ccccc12. The van der Waals surface area contributed by atoms with E-state index in [-0.39, 0.29) is 11.5 Å². The minimum Gasteiger partial charge on any atom is -0.453 e. The monoisotopic (exact) mass is 450 g/mol. The van der Waals surface area contributed by atoms with E-state index < -0.39 is 12.2 Å². The molecule has 3 aromatic rings. The number of rotatable bonds is 10. The molecule has 0 aliphatic heterocycles. The summed E-state index contributed by atoms with van der Waals surface area (Å²) >= 11 is 0. The fourth-order valence-corrected chi connectivity index (χ4v) is 3.17. The van der Waals surface area contributed by atoms with E-state index in [1.807, 2.05) is 44.2 Å². The quantitative estimate of drug-likeness (QED) is 0.349. The normalized spacial score (nSPS) is 10.5. The van der Waals surface area contributed by atoms with Gasteiger partial charge in [0.25, 0.3) is 0 Å². The summed E-state index contributed by atoms with van der Waals surface area (Å²) in [6, 6.07) is 18.0. The average molecular weight is 451 g/mol. The molecule has 0 unspecified atom stereocenters. The highest BCUT2D eigenvalue weighted by Crippen LogP contribution is 2.43. The van der Waals surface area contributed by atoms with Gasteiger partial charge in [0.05, 0.1) is 0 Å². The van der Waals surface area contributed by atoms with Crippen LogP contribution in [0.1, 0.15) is 39.5 Å². The first-order chi connectivity index (χ1) is 16.1. The number of para-hydroxylation sites is 1. The van der Waals surface area contributed by atoms with Gasteiger partial charge in [-0.1, -0.05) is 69.2 Å². The Morgan fingerprint density at radius 2 is 1.30 bits per heavy atom. The number of nitrogens with one attached hydrogen (secondary N) is 2. The summed E-state index contributed by atoms with van der Waals surface area (Å²) < 4.78 is 17.3. The Bertz CT molecular complexity index is 1070. The molecule has 0 aromatic heterocycles. The largest absolute Gasteiger partial charge is 0.453 e. The summed E-state index contributed by atoms with van der Waals surface area (Å²) in [6.07, 6.45) is 2.51. The van der Waals surface area contributed by atoms with Gasteiger partial charge in [0.15, 0.2) is 11.5 Å². The molecule has 0 spiro atoms. The Balaban J connectivity index is 1.98. The first-order valence-corrected chi connectivity index (χ1v) is 11.3. The zero-order valence-corrected chi connectivity index (χ0v) is 19.1. The van der Waals surface area contributed by atoms with E-state index in [0.717, 1.165) is 25.7 Å². The number of carbonyl (C=O) groups is 2. The summed E-state index contributed by atoms with van der Waals surface area (Å²) in [5.74, 6) is 1.38. The third kappa shape index (κ3) is 6.87. The van der Waals surface area contributed by atoms with Gasteiger partial charge in [-0.2, -0.15) is 0 Å². The van der Waals surface area contributed by atoms with Crippen molar-refractivity contribution in [2.45, 2.75) is 39.5 Å². The molecule has 0 fully saturated rings. The van der Waals surface area contributed by atoms with Crippen molar-refractivity contribution in [3.05, 3.63) is 60.7 Å². The topological polar surface area (TPSA) is 85.9 Å². The zero-order valence-electron chi connectivity index (χ0n) is 19.1. The predicted octanol–water partition coefficient (Wildman–Crippen LogP) is 6.41. The Morgan fingerprint density at radius 1 is 0.727 bits per heavy atom. The molecule has 0 bridgehead atoms. The molecule has 0 radical (unpaired) electrons. The number of fused-ring (bicyclic) bond motifs is 1. The van der Waals surface area contributed by atoms with E-state index in [1.165, 1.54) is 0 Å². The lowest BCUT2D eigenvalue weighted by molar-refractivity contribution is 0.197. The summed E-state index contributed by atoms with van der Waals surface area (Å²) in [5.41, 5.74) is 0. The molecule has 174 valence electrons. The molecule has 0 saturated carbocycles. The van der Waals surface area contributed by atoms with Crippen LogP contribution in [-0.4, -0.2) is 25.3 Å². The lowest BCUT2D eigenvalue weighted by Crippen LogP contribution is -2.28. The highest BCUT2D eigenvalue weighted by molar-refractivity contribution is 5.98. The molecular formula is C26H30N2O5. The van der Waals surface area contributed by atoms with Gasteiger partial charge in [-0.05, 0) is 25.0 Å². The number of hydrogen-bond donors (Lipinski definition) is 2. The minimum atomic E-state index is -0.572. The summed E-state index contributed by atoms with van der Waals surface area (Å²) in [5, 5.41) is 6.71. The number of carbonyl (C=O) groups excluding carboxylic acids is 2. The third-order valence-electron chi connectivity index (χ3n) is 4.89. The van der Waals surface area contributed by atoms with Crippen LogP contribution in [0.5, 0.6) is 23.0 Å². The van der Waals surface area contributed by atoms with Crippen LogP contribution < -0.4 is 24.8 Å². The first-order valence-electron chi connectivity index (χ1n) is 11.3. The number of amides is 2. The Kier molecular flexibility index (Phi) is 8.94. The van der Waals surface area contributed by atoms with Crippen molar-refractivity contribution in [1.82, 2.24) is 10.6 Å². The van der Waals surface area contributed by atoms with Crippen molar-refractivity contribution < 1.29 is 23.8 Å². The van der Waals surface area contributed by atoms with E-state index in [4.69, 9.17) is 14.2 Å². The minimum absolute atomic E-state index is 0.252. The zero-order chi connectivity index (χ0) is 23.5. The Hall–Kier alpha value is -3.74. The van der Waals surface area contributed by atoms with E-state index in [0.29, 0.717) is 35.4 Å². The number of benzene rings is 3. The maximum atomic E-state index is 12.5. The van der Waals surface area contributed by atoms with Gasteiger partial charge in [-0.15, -0.1) is 0 Å². The van der Waals surface area contributed by atoms with Crippen molar-refractivity contribution in [1.29, 1.82) is 0 Å². The first kappa shape index (κ1) is 23.9. The standard InChI is InChI=1S/C26H30N2O5/c1-3-5-16-27-25(29)32-22-18-23(31-19-12-8-7-9-13-19)24(21-15-11-10-14-20(21)22)33-26(30)28-17-6-4-2/h7-15,18H,3-6,16-17H2,1-2H3,(H,27,29)(H,28,30). The molecule has 2 N–H and O–H groups in total. The smallest absolute Gasteiger partial charge is 0.412 e. The van der Waals surface area contributed by atoms with Gasteiger partial charge in [0, 0.05) is 29.9 Å². The van der Waals surface area contributed by atoms with Crippen LogP contribution >= 0.6 is 0 Å². The van der Waals surface area contributed by atoms with Gasteiger partial charge in [0.2, 0.25) is 0 Å². The van der Waals surface area contributed by atoms with Gasteiger partial charge >= 0.3 is 12.2 Å². The number of ether oxygens (including phenoxy) is 3. The number of unbranched alkanes of at least 4 members (excludes halogenated alkanes) is 2. The lowest BCUT2D eigenvalue weighted by atomic mass is 10.1. The van der Waals surface area contributed by atoms with Crippen LogP contribution in [0.25, 0.3) is 10.8 Å². The fraction of sp³-hybridized carbons (Fsp3) is 0.308. The molecule has 7 heteroatoms. The second-order valence-corrected chi connectivity index (χ2v) is 7.50. The predicted molar refractivity (Wildman–Crippen MR) is 128 cm³/mol. The van der Waals surface area contributed by atoms with Crippen LogP contribution in [0.2, 0.25) is 0 Å². The summed E-state index contributed by atoms with van der Waals surface area (Å²) in [7, 11) is 0. The van der Waals surface area contributed by atoms with Crippen molar-refractivity contribution in [3.63, 3.8) is 0 Å². The molecule has 0 saturated heterocycles. The molecule has 0 aliphatic rings.